The molecule has 0 saturated carbocycles. The first-order valence-corrected chi connectivity index (χ1v) is 6.46. The molecule has 0 bridgehead atoms. The number of rotatable bonds is 4. The molecule has 3 nitrogen and oxygen atoms in total. The average molecular weight is 342 g/mol. The third-order valence-electron chi connectivity index (χ3n) is 2.68. The topological polar surface area (TPSA) is 49.3 Å². The lowest BCUT2D eigenvalue weighted by Gasteiger charge is -2.16. The van der Waals surface area contributed by atoms with Crippen LogP contribution in [0.4, 0.5) is 14.5 Å². The van der Waals surface area contributed by atoms with Gasteiger partial charge in [-0.05, 0) is 42.0 Å². The molecule has 0 radical (unpaired) electrons. The first-order chi connectivity index (χ1) is 9.47. The number of aliphatic carboxylic acids is 1. The standard InChI is InChI=1S/C14H10BrF2NO2/c15-9-2-4-10(5-3-9)18-13(14(19)20)8-1-6-11(16)12(17)7-8/h1-7,13,18H,(H,19,20). The molecule has 0 aliphatic rings. The largest absolute Gasteiger partial charge is 0.479 e. The fourth-order valence-electron chi connectivity index (χ4n) is 1.69. The SMILES string of the molecule is O=C(O)C(Nc1ccc(Br)cc1)c1ccc(F)c(F)c1. The molecule has 0 aromatic heterocycles. The van der Waals surface area contributed by atoms with Crippen LogP contribution >= 0.6 is 15.9 Å². The zero-order valence-corrected chi connectivity index (χ0v) is 11.7. The average Bonchev–Trinajstić information content (AvgIpc) is 2.41. The lowest BCUT2D eigenvalue weighted by molar-refractivity contribution is -0.138. The Balaban J connectivity index is 2.29. The van der Waals surface area contributed by atoms with E-state index in [1.807, 2.05) is 0 Å². The van der Waals surface area contributed by atoms with E-state index >= 15 is 0 Å². The maximum Gasteiger partial charge on any atom is 0.330 e. The first kappa shape index (κ1) is 14.5. The summed E-state index contributed by atoms with van der Waals surface area (Å²) < 4.78 is 26.9. The van der Waals surface area contributed by atoms with Crippen molar-refractivity contribution < 1.29 is 18.7 Å². The van der Waals surface area contributed by atoms with Gasteiger partial charge in [0.2, 0.25) is 0 Å². The van der Waals surface area contributed by atoms with E-state index < -0.39 is 23.6 Å². The van der Waals surface area contributed by atoms with Crippen molar-refractivity contribution >= 4 is 27.6 Å². The number of anilines is 1. The van der Waals surface area contributed by atoms with E-state index in [0.29, 0.717) is 5.69 Å². The maximum absolute atomic E-state index is 13.2. The van der Waals surface area contributed by atoms with Crippen molar-refractivity contribution in [3.63, 3.8) is 0 Å². The summed E-state index contributed by atoms with van der Waals surface area (Å²) in [7, 11) is 0. The van der Waals surface area contributed by atoms with Crippen molar-refractivity contribution in [2.45, 2.75) is 6.04 Å². The Morgan fingerprint density at radius 2 is 1.75 bits per heavy atom. The molecule has 6 heteroatoms. The Morgan fingerprint density at radius 3 is 2.30 bits per heavy atom. The van der Waals surface area contributed by atoms with Crippen LogP contribution in [0.2, 0.25) is 0 Å². The highest BCUT2D eigenvalue weighted by molar-refractivity contribution is 9.10. The van der Waals surface area contributed by atoms with Crippen molar-refractivity contribution in [1.29, 1.82) is 0 Å². The van der Waals surface area contributed by atoms with E-state index in [4.69, 9.17) is 0 Å². The van der Waals surface area contributed by atoms with Crippen LogP contribution < -0.4 is 5.32 Å². The van der Waals surface area contributed by atoms with Gasteiger partial charge in [-0.1, -0.05) is 22.0 Å². The van der Waals surface area contributed by atoms with Gasteiger partial charge in [0.25, 0.3) is 0 Å². The fourth-order valence-corrected chi connectivity index (χ4v) is 1.96. The molecule has 0 heterocycles. The van der Waals surface area contributed by atoms with E-state index in [1.54, 1.807) is 24.3 Å². The van der Waals surface area contributed by atoms with E-state index in [1.165, 1.54) is 6.07 Å². The molecule has 0 amide bonds. The summed E-state index contributed by atoms with van der Waals surface area (Å²) in [5.74, 6) is -3.27. The lowest BCUT2D eigenvalue weighted by atomic mass is 10.1. The molecule has 20 heavy (non-hydrogen) atoms. The van der Waals surface area contributed by atoms with E-state index in [2.05, 4.69) is 21.2 Å². The van der Waals surface area contributed by atoms with Gasteiger partial charge >= 0.3 is 5.97 Å². The predicted molar refractivity (Wildman–Crippen MR) is 74.5 cm³/mol. The van der Waals surface area contributed by atoms with Gasteiger partial charge in [-0.25, -0.2) is 13.6 Å². The molecule has 0 saturated heterocycles. The Kier molecular flexibility index (Phi) is 4.34. The van der Waals surface area contributed by atoms with Gasteiger partial charge in [-0.15, -0.1) is 0 Å². The summed E-state index contributed by atoms with van der Waals surface area (Å²) in [4.78, 5) is 11.3. The quantitative estimate of drug-likeness (QED) is 0.884. The minimum absolute atomic E-state index is 0.138. The molecule has 1 atom stereocenters. The summed E-state index contributed by atoms with van der Waals surface area (Å²) in [6, 6.07) is 8.71. The molecular formula is C14H10BrF2NO2. The number of halogens is 3. The molecule has 0 aliphatic heterocycles. The second kappa shape index (κ2) is 6.00. The Bertz CT molecular complexity index is 632. The van der Waals surface area contributed by atoms with Crippen LogP contribution in [-0.2, 0) is 4.79 Å². The highest BCUT2D eigenvalue weighted by atomic mass is 79.9. The zero-order valence-electron chi connectivity index (χ0n) is 10.1. The number of nitrogens with one attached hydrogen (secondary N) is 1. The summed E-state index contributed by atoms with van der Waals surface area (Å²) in [6.45, 7) is 0. The Morgan fingerprint density at radius 1 is 1.10 bits per heavy atom. The molecule has 2 rings (SSSR count). The van der Waals surface area contributed by atoms with Crippen LogP contribution in [0.3, 0.4) is 0 Å². The van der Waals surface area contributed by atoms with Gasteiger partial charge in [-0.3, -0.25) is 0 Å². The van der Waals surface area contributed by atoms with Crippen LogP contribution in [0.25, 0.3) is 0 Å². The molecule has 0 spiro atoms. The van der Waals surface area contributed by atoms with E-state index in [-0.39, 0.29) is 5.56 Å². The summed E-state index contributed by atoms with van der Waals surface area (Å²) in [5, 5.41) is 12.0. The number of hydrogen-bond acceptors (Lipinski definition) is 2. The van der Waals surface area contributed by atoms with E-state index in [0.717, 1.165) is 16.6 Å². The highest BCUT2D eigenvalue weighted by Crippen LogP contribution is 2.23. The lowest BCUT2D eigenvalue weighted by Crippen LogP contribution is -2.20. The number of hydrogen-bond donors (Lipinski definition) is 2. The Hall–Kier alpha value is -1.95. The zero-order chi connectivity index (χ0) is 14.7. The van der Waals surface area contributed by atoms with Crippen molar-refractivity contribution in [2.75, 3.05) is 5.32 Å². The maximum atomic E-state index is 13.2. The van der Waals surface area contributed by atoms with Crippen molar-refractivity contribution in [1.82, 2.24) is 0 Å². The predicted octanol–water partition coefficient (Wildman–Crippen LogP) is 3.97. The number of carboxylic acids is 1. The van der Waals surface area contributed by atoms with Crippen LogP contribution in [0.1, 0.15) is 11.6 Å². The number of carbonyl (C=O) groups is 1. The van der Waals surface area contributed by atoms with Gasteiger partial charge in [-0.2, -0.15) is 0 Å². The molecule has 1 unspecified atom stereocenters. The minimum Gasteiger partial charge on any atom is -0.479 e. The summed E-state index contributed by atoms with van der Waals surface area (Å²) in [5.41, 5.74) is 0.699. The monoisotopic (exact) mass is 341 g/mol. The van der Waals surface area contributed by atoms with E-state index in [9.17, 15) is 18.7 Å². The van der Waals surface area contributed by atoms with Crippen LogP contribution in [-0.4, -0.2) is 11.1 Å². The van der Waals surface area contributed by atoms with Gasteiger partial charge in [0.1, 0.15) is 0 Å². The number of benzene rings is 2. The molecule has 2 N–H and O–H groups in total. The van der Waals surface area contributed by atoms with Gasteiger partial charge < -0.3 is 10.4 Å². The minimum atomic E-state index is -1.18. The van der Waals surface area contributed by atoms with Gasteiger partial charge in [0.05, 0.1) is 0 Å². The second-order valence-electron chi connectivity index (χ2n) is 4.10. The Labute approximate surface area is 122 Å². The summed E-state index contributed by atoms with van der Waals surface area (Å²) >= 11 is 3.27. The van der Waals surface area contributed by atoms with Gasteiger partial charge in [0.15, 0.2) is 17.7 Å². The molecule has 0 aliphatic carbocycles. The van der Waals surface area contributed by atoms with Crippen LogP contribution in [0.5, 0.6) is 0 Å². The molecule has 104 valence electrons. The van der Waals surface area contributed by atoms with Gasteiger partial charge in [0, 0.05) is 10.2 Å². The number of carboxylic acid groups (broad SMARTS) is 1. The van der Waals surface area contributed by atoms with Crippen LogP contribution in [0, 0.1) is 11.6 Å². The second-order valence-corrected chi connectivity index (χ2v) is 5.01. The van der Waals surface area contributed by atoms with Crippen LogP contribution in [0.15, 0.2) is 46.9 Å². The molecule has 2 aromatic rings. The first-order valence-electron chi connectivity index (χ1n) is 5.67. The van der Waals surface area contributed by atoms with Crippen molar-refractivity contribution in [2.24, 2.45) is 0 Å². The third kappa shape index (κ3) is 3.33. The van der Waals surface area contributed by atoms with Crippen molar-refractivity contribution in [3.8, 4) is 0 Å². The third-order valence-corrected chi connectivity index (χ3v) is 3.21. The summed E-state index contributed by atoms with van der Waals surface area (Å²) in [6.07, 6.45) is 0. The molecule has 0 fully saturated rings. The van der Waals surface area contributed by atoms with Crippen molar-refractivity contribution in [3.05, 3.63) is 64.1 Å². The highest BCUT2D eigenvalue weighted by Gasteiger charge is 2.21. The molecule has 2 aromatic carbocycles. The molecular weight excluding hydrogens is 332 g/mol. The smallest absolute Gasteiger partial charge is 0.330 e. The normalized spacial score (nSPS) is 11.9. The fraction of sp³-hybridized carbons (Fsp3) is 0.0714.